The second-order valence-corrected chi connectivity index (χ2v) is 3.65. The van der Waals surface area contributed by atoms with E-state index in [9.17, 15) is 0 Å². The molecule has 1 unspecified atom stereocenters. The quantitative estimate of drug-likeness (QED) is 0.826. The Morgan fingerprint density at radius 2 is 2.33 bits per heavy atom. The molecule has 0 aliphatic rings. The van der Waals surface area contributed by atoms with E-state index in [2.05, 4.69) is 11.1 Å². The van der Waals surface area contributed by atoms with Crippen LogP contribution in [-0.4, -0.2) is 21.3 Å². The number of benzene rings is 1. The number of aliphatic hydroxyl groups is 1. The van der Waals surface area contributed by atoms with Crippen LogP contribution in [0, 0.1) is 0 Å². The Labute approximate surface area is 89.0 Å². The summed E-state index contributed by atoms with van der Waals surface area (Å²) in [6.07, 6.45) is 5.42. The number of aliphatic hydroxyl groups excluding tert-OH is 1. The van der Waals surface area contributed by atoms with Crippen molar-refractivity contribution in [3.8, 4) is 5.69 Å². The van der Waals surface area contributed by atoms with Gasteiger partial charge in [-0.3, -0.25) is 0 Å². The third kappa shape index (κ3) is 2.07. The molecule has 0 aliphatic heterocycles. The monoisotopic (exact) mass is 202 g/mol. The first-order valence-corrected chi connectivity index (χ1v) is 5.00. The fraction of sp³-hybridized carbons (Fsp3) is 0.250. The first-order valence-electron chi connectivity index (χ1n) is 5.00. The van der Waals surface area contributed by atoms with Crippen molar-refractivity contribution in [3.63, 3.8) is 0 Å². The predicted octanol–water partition coefficient (Wildman–Crippen LogP) is 1.97. The summed E-state index contributed by atoms with van der Waals surface area (Å²) in [5, 5.41) is 9.09. The minimum absolute atomic E-state index is 0.174. The van der Waals surface area contributed by atoms with E-state index in [4.69, 9.17) is 5.11 Å². The average Bonchev–Trinajstić information content (AvgIpc) is 2.82. The number of nitrogens with zero attached hydrogens (tertiary/aromatic N) is 2. The Bertz CT molecular complexity index is 423. The van der Waals surface area contributed by atoms with E-state index in [1.54, 1.807) is 12.5 Å². The van der Waals surface area contributed by atoms with Gasteiger partial charge in [0.15, 0.2) is 0 Å². The molecule has 0 saturated carbocycles. The van der Waals surface area contributed by atoms with Crippen molar-refractivity contribution in [1.82, 2.24) is 9.55 Å². The van der Waals surface area contributed by atoms with E-state index >= 15 is 0 Å². The van der Waals surface area contributed by atoms with Crippen LogP contribution in [-0.2, 0) is 0 Å². The lowest BCUT2D eigenvalue weighted by Gasteiger charge is -2.10. The Morgan fingerprint density at radius 1 is 1.47 bits per heavy atom. The molecule has 1 aromatic heterocycles. The van der Waals surface area contributed by atoms with E-state index in [0.717, 1.165) is 11.3 Å². The van der Waals surface area contributed by atoms with Gasteiger partial charge in [-0.25, -0.2) is 4.98 Å². The normalized spacial score (nSPS) is 12.7. The highest BCUT2D eigenvalue weighted by Crippen LogP contribution is 2.17. The van der Waals surface area contributed by atoms with Gasteiger partial charge < -0.3 is 9.67 Å². The average molecular weight is 202 g/mol. The molecule has 0 saturated heterocycles. The third-order valence-electron chi connectivity index (χ3n) is 2.52. The van der Waals surface area contributed by atoms with E-state index in [-0.39, 0.29) is 12.5 Å². The Kier molecular flexibility index (Phi) is 2.83. The zero-order valence-corrected chi connectivity index (χ0v) is 8.67. The molecule has 1 N–H and O–H groups in total. The maximum absolute atomic E-state index is 9.09. The van der Waals surface area contributed by atoms with Crippen molar-refractivity contribution in [2.24, 2.45) is 0 Å². The van der Waals surface area contributed by atoms with Gasteiger partial charge in [0, 0.05) is 30.6 Å². The first kappa shape index (κ1) is 9.93. The van der Waals surface area contributed by atoms with Gasteiger partial charge in [0.05, 0.1) is 6.33 Å². The Hall–Kier alpha value is -1.61. The van der Waals surface area contributed by atoms with Gasteiger partial charge in [-0.2, -0.15) is 0 Å². The molecule has 0 spiro atoms. The molecule has 0 aliphatic carbocycles. The molecule has 3 nitrogen and oxygen atoms in total. The molecule has 0 bridgehead atoms. The summed E-state index contributed by atoms with van der Waals surface area (Å²) in [4.78, 5) is 4.01. The van der Waals surface area contributed by atoms with Crippen LogP contribution in [0.5, 0.6) is 0 Å². The molecule has 2 aromatic rings. The minimum atomic E-state index is 0.174. The van der Waals surface area contributed by atoms with Gasteiger partial charge in [-0.1, -0.05) is 19.1 Å². The molecule has 0 fully saturated rings. The van der Waals surface area contributed by atoms with Gasteiger partial charge in [0.1, 0.15) is 0 Å². The topological polar surface area (TPSA) is 38.0 Å². The van der Waals surface area contributed by atoms with Gasteiger partial charge in [0.2, 0.25) is 0 Å². The fourth-order valence-electron chi connectivity index (χ4n) is 1.51. The molecule has 15 heavy (non-hydrogen) atoms. The lowest BCUT2D eigenvalue weighted by molar-refractivity contribution is 0.273. The molecule has 1 heterocycles. The van der Waals surface area contributed by atoms with E-state index in [1.807, 2.05) is 35.9 Å². The SMILES string of the molecule is CC(CO)c1cccc(-n2ccnc2)c1. The molecule has 0 radical (unpaired) electrons. The van der Waals surface area contributed by atoms with Crippen LogP contribution < -0.4 is 0 Å². The molecule has 2 rings (SSSR count). The smallest absolute Gasteiger partial charge is 0.0991 e. The lowest BCUT2D eigenvalue weighted by Crippen LogP contribution is -2.00. The van der Waals surface area contributed by atoms with Gasteiger partial charge in [0.25, 0.3) is 0 Å². The molecule has 1 aromatic carbocycles. The van der Waals surface area contributed by atoms with Crippen molar-refractivity contribution in [3.05, 3.63) is 48.5 Å². The number of aromatic nitrogens is 2. The summed E-state index contributed by atoms with van der Waals surface area (Å²) in [7, 11) is 0. The van der Waals surface area contributed by atoms with Crippen molar-refractivity contribution in [2.75, 3.05) is 6.61 Å². The molecule has 78 valence electrons. The predicted molar refractivity (Wildman–Crippen MR) is 59.1 cm³/mol. The molecular formula is C12H14N2O. The van der Waals surface area contributed by atoms with Gasteiger partial charge >= 0.3 is 0 Å². The number of rotatable bonds is 3. The van der Waals surface area contributed by atoms with Crippen LogP contribution in [0.25, 0.3) is 5.69 Å². The zero-order chi connectivity index (χ0) is 10.7. The number of hydrogen-bond donors (Lipinski definition) is 1. The Balaban J connectivity index is 2.35. The van der Waals surface area contributed by atoms with E-state index in [1.165, 1.54) is 0 Å². The summed E-state index contributed by atoms with van der Waals surface area (Å²) in [6, 6.07) is 8.12. The van der Waals surface area contributed by atoms with Crippen LogP contribution in [0.1, 0.15) is 18.4 Å². The highest BCUT2D eigenvalue weighted by molar-refractivity contribution is 5.37. The highest BCUT2D eigenvalue weighted by atomic mass is 16.3. The fourth-order valence-corrected chi connectivity index (χ4v) is 1.51. The summed E-state index contributed by atoms with van der Waals surface area (Å²) in [6.45, 7) is 2.18. The third-order valence-corrected chi connectivity index (χ3v) is 2.52. The lowest BCUT2D eigenvalue weighted by atomic mass is 10.0. The maximum atomic E-state index is 9.09. The first-order chi connectivity index (χ1) is 7.31. The summed E-state index contributed by atoms with van der Waals surface area (Å²) >= 11 is 0. The van der Waals surface area contributed by atoms with Crippen molar-refractivity contribution < 1.29 is 5.11 Å². The largest absolute Gasteiger partial charge is 0.396 e. The van der Waals surface area contributed by atoms with Crippen LogP contribution >= 0.6 is 0 Å². The second-order valence-electron chi connectivity index (χ2n) is 3.65. The maximum Gasteiger partial charge on any atom is 0.0991 e. The van der Waals surface area contributed by atoms with Crippen LogP contribution in [0.2, 0.25) is 0 Å². The summed E-state index contributed by atoms with van der Waals surface area (Å²) < 4.78 is 1.95. The second kappa shape index (κ2) is 4.28. The molecule has 1 atom stereocenters. The number of hydrogen-bond acceptors (Lipinski definition) is 2. The van der Waals surface area contributed by atoms with Crippen LogP contribution in [0.15, 0.2) is 43.0 Å². The summed E-state index contributed by atoms with van der Waals surface area (Å²) in [5.41, 5.74) is 2.22. The highest BCUT2D eigenvalue weighted by Gasteiger charge is 2.04. The number of imidazole rings is 1. The molecular weight excluding hydrogens is 188 g/mol. The van der Waals surface area contributed by atoms with Gasteiger partial charge in [-0.05, 0) is 17.7 Å². The standard InChI is InChI=1S/C12H14N2O/c1-10(8-15)11-3-2-4-12(7-11)14-6-5-13-9-14/h2-7,9-10,15H,8H2,1H3. The summed E-state index contributed by atoms with van der Waals surface area (Å²) in [5.74, 6) is 0.175. The molecule has 3 heteroatoms. The van der Waals surface area contributed by atoms with E-state index in [0.29, 0.717) is 0 Å². The van der Waals surface area contributed by atoms with Crippen LogP contribution in [0.3, 0.4) is 0 Å². The Morgan fingerprint density at radius 3 is 3.00 bits per heavy atom. The van der Waals surface area contributed by atoms with Crippen molar-refractivity contribution in [1.29, 1.82) is 0 Å². The van der Waals surface area contributed by atoms with Crippen molar-refractivity contribution >= 4 is 0 Å². The molecule has 0 amide bonds. The van der Waals surface area contributed by atoms with E-state index < -0.39 is 0 Å². The van der Waals surface area contributed by atoms with Gasteiger partial charge in [-0.15, -0.1) is 0 Å². The minimum Gasteiger partial charge on any atom is -0.396 e. The van der Waals surface area contributed by atoms with Crippen LogP contribution in [0.4, 0.5) is 0 Å². The van der Waals surface area contributed by atoms with Crippen molar-refractivity contribution in [2.45, 2.75) is 12.8 Å². The zero-order valence-electron chi connectivity index (χ0n) is 8.67.